The van der Waals surface area contributed by atoms with E-state index in [0.29, 0.717) is 26.1 Å². The summed E-state index contributed by atoms with van der Waals surface area (Å²) in [5, 5.41) is 2.77. The average Bonchev–Trinajstić information content (AvgIpc) is 2.14. The van der Waals surface area contributed by atoms with Gasteiger partial charge in [-0.05, 0) is 19.4 Å². The molecule has 3 N–H and O–H groups in total. The summed E-state index contributed by atoms with van der Waals surface area (Å²) in [6.07, 6.45) is 3.46. The van der Waals surface area contributed by atoms with Gasteiger partial charge in [0.25, 0.3) is 0 Å². The van der Waals surface area contributed by atoms with Crippen LogP contribution >= 0.6 is 0 Å². The highest BCUT2D eigenvalue weighted by molar-refractivity contribution is 5.75. The molecule has 1 amide bonds. The highest BCUT2D eigenvalue weighted by atomic mass is 16.5. The van der Waals surface area contributed by atoms with Crippen LogP contribution in [0.4, 0.5) is 0 Å². The van der Waals surface area contributed by atoms with E-state index in [1.807, 2.05) is 0 Å². The van der Waals surface area contributed by atoms with Gasteiger partial charge >= 0.3 is 0 Å². The van der Waals surface area contributed by atoms with E-state index in [-0.39, 0.29) is 5.91 Å². The predicted molar refractivity (Wildman–Crippen MR) is 52.1 cm³/mol. The second kappa shape index (κ2) is 9.06. The fourth-order valence-electron chi connectivity index (χ4n) is 0.818. The molecule has 13 heavy (non-hydrogen) atoms. The first-order valence-corrected chi connectivity index (χ1v) is 4.50. The lowest BCUT2D eigenvalue weighted by atomic mass is 10.3. The Bertz CT molecular complexity index is 149. The van der Waals surface area contributed by atoms with Crippen LogP contribution in [0, 0.1) is 0 Å². The molecule has 0 aliphatic heterocycles. The summed E-state index contributed by atoms with van der Waals surface area (Å²) in [5.74, 6) is 0.0593. The first kappa shape index (κ1) is 12.0. The number of rotatable bonds is 8. The number of amides is 1. The Morgan fingerprint density at radius 3 is 2.92 bits per heavy atom. The molecule has 0 saturated carbocycles. The van der Waals surface area contributed by atoms with Crippen molar-refractivity contribution in [3.63, 3.8) is 0 Å². The number of nitrogens with two attached hydrogens (primary N) is 1. The van der Waals surface area contributed by atoms with Gasteiger partial charge in [-0.2, -0.15) is 0 Å². The molecule has 0 aliphatic carbocycles. The Morgan fingerprint density at radius 2 is 2.31 bits per heavy atom. The van der Waals surface area contributed by atoms with Gasteiger partial charge in [0.2, 0.25) is 5.91 Å². The molecule has 4 heteroatoms. The first-order chi connectivity index (χ1) is 6.31. The summed E-state index contributed by atoms with van der Waals surface area (Å²) in [4.78, 5) is 11.0. The zero-order valence-corrected chi connectivity index (χ0v) is 7.92. The van der Waals surface area contributed by atoms with Crippen LogP contribution in [0.2, 0.25) is 0 Å². The van der Waals surface area contributed by atoms with Gasteiger partial charge < -0.3 is 15.8 Å². The number of nitrogens with one attached hydrogen (secondary N) is 1. The zero-order valence-electron chi connectivity index (χ0n) is 7.92. The van der Waals surface area contributed by atoms with Gasteiger partial charge in [-0.1, -0.05) is 6.58 Å². The smallest absolute Gasteiger partial charge is 0.220 e. The second-order valence-electron chi connectivity index (χ2n) is 2.63. The Hall–Kier alpha value is -1.03. The van der Waals surface area contributed by atoms with Crippen LogP contribution in [0.15, 0.2) is 12.8 Å². The molecule has 0 rings (SSSR count). The summed E-state index contributed by atoms with van der Waals surface area (Å²) < 4.78 is 4.89. The van der Waals surface area contributed by atoms with Crippen LogP contribution in [0.5, 0.6) is 0 Å². The van der Waals surface area contributed by atoms with E-state index in [0.717, 1.165) is 12.8 Å². The number of hydrogen-bond donors (Lipinski definition) is 2. The molecule has 0 bridgehead atoms. The maximum Gasteiger partial charge on any atom is 0.220 e. The summed E-state index contributed by atoms with van der Waals surface area (Å²) >= 11 is 0. The SMILES string of the molecule is C=COCCCNC(=O)CCCN. The highest BCUT2D eigenvalue weighted by Gasteiger charge is 1.98. The molecular weight excluding hydrogens is 168 g/mol. The van der Waals surface area contributed by atoms with Gasteiger partial charge in [0.15, 0.2) is 0 Å². The molecule has 0 saturated heterocycles. The van der Waals surface area contributed by atoms with E-state index in [2.05, 4.69) is 11.9 Å². The Labute approximate surface area is 79.1 Å². The predicted octanol–water partition coefficient (Wildman–Crippen LogP) is 0.392. The molecule has 0 atom stereocenters. The Balaban J connectivity index is 3.12. The number of hydrogen-bond acceptors (Lipinski definition) is 3. The van der Waals surface area contributed by atoms with Gasteiger partial charge in [-0.25, -0.2) is 0 Å². The molecule has 0 aromatic heterocycles. The van der Waals surface area contributed by atoms with Gasteiger partial charge in [0, 0.05) is 13.0 Å². The minimum atomic E-state index is 0.0593. The zero-order chi connectivity index (χ0) is 9.94. The van der Waals surface area contributed by atoms with Crippen molar-refractivity contribution in [1.82, 2.24) is 5.32 Å². The molecule has 0 heterocycles. The Kier molecular flexibility index (Phi) is 8.34. The lowest BCUT2D eigenvalue weighted by Crippen LogP contribution is -2.25. The molecule has 0 aromatic rings. The minimum absolute atomic E-state index is 0.0593. The highest BCUT2D eigenvalue weighted by Crippen LogP contribution is 1.86. The largest absolute Gasteiger partial charge is 0.502 e. The topological polar surface area (TPSA) is 64.3 Å². The van der Waals surface area contributed by atoms with E-state index in [9.17, 15) is 4.79 Å². The van der Waals surface area contributed by atoms with Crippen molar-refractivity contribution in [2.45, 2.75) is 19.3 Å². The lowest BCUT2D eigenvalue weighted by molar-refractivity contribution is -0.121. The van der Waals surface area contributed by atoms with Gasteiger partial charge in [0.1, 0.15) is 0 Å². The van der Waals surface area contributed by atoms with Crippen LogP contribution in [0.3, 0.4) is 0 Å². The summed E-state index contributed by atoms with van der Waals surface area (Å²) in [7, 11) is 0. The Morgan fingerprint density at radius 1 is 1.54 bits per heavy atom. The molecule has 4 nitrogen and oxygen atoms in total. The number of carbonyl (C=O) groups excluding carboxylic acids is 1. The fraction of sp³-hybridized carbons (Fsp3) is 0.667. The van der Waals surface area contributed by atoms with Gasteiger partial charge in [-0.15, -0.1) is 0 Å². The lowest BCUT2D eigenvalue weighted by Gasteiger charge is -2.03. The standard InChI is InChI=1S/C9H18N2O2/c1-2-13-8-4-7-11-9(12)5-3-6-10/h2H,1,3-8,10H2,(H,11,12). The fourth-order valence-corrected chi connectivity index (χ4v) is 0.818. The van der Waals surface area contributed by atoms with Crippen molar-refractivity contribution < 1.29 is 9.53 Å². The summed E-state index contributed by atoms with van der Waals surface area (Å²) in [6.45, 7) is 5.22. The van der Waals surface area contributed by atoms with E-state index >= 15 is 0 Å². The van der Waals surface area contributed by atoms with Crippen LogP contribution in [0.1, 0.15) is 19.3 Å². The maximum atomic E-state index is 11.0. The quantitative estimate of drug-likeness (QED) is 0.426. The van der Waals surface area contributed by atoms with Crippen molar-refractivity contribution >= 4 is 5.91 Å². The molecule has 0 radical (unpaired) electrons. The summed E-state index contributed by atoms with van der Waals surface area (Å²) in [5.41, 5.74) is 5.26. The molecule has 0 spiro atoms. The van der Waals surface area contributed by atoms with E-state index in [1.54, 1.807) is 0 Å². The van der Waals surface area contributed by atoms with E-state index < -0.39 is 0 Å². The third-order valence-electron chi connectivity index (χ3n) is 1.49. The molecule has 0 unspecified atom stereocenters. The van der Waals surface area contributed by atoms with Crippen molar-refractivity contribution in [1.29, 1.82) is 0 Å². The molecule has 0 aliphatic rings. The molecular formula is C9H18N2O2. The van der Waals surface area contributed by atoms with Crippen LogP contribution in [-0.4, -0.2) is 25.6 Å². The van der Waals surface area contributed by atoms with E-state index in [1.165, 1.54) is 6.26 Å². The number of carbonyl (C=O) groups is 1. The van der Waals surface area contributed by atoms with Crippen molar-refractivity contribution in [2.24, 2.45) is 5.73 Å². The van der Waals surface area contributed by atoms with Crippen molar-refractivity contribution in [3.05, 3.63) is 12.8 Å². The molecule has 0 fully saturated rings. The monoisotopic (exact) mass is 186 g/mol. The third kappa shape index (κ3) is 8.88. The minimum Gasteiger partial charge on any atom is -0.502 e. The van der Waals surface area contributed by atoms with Crippen molar-refractivity contribution in [3.8, 4) is 0 Å². The second-order valence-corrected chi connectivity index (χ2v) is 2.63. The number of ether oxygens (including phenoxy) is 1. The van der Waals surface area contributed by atoms with Gasteiger partial charge in [0.05, 0.1) is 12.9 Å². The first-order valence-electron chi connectivity index (χ1n) is 4.50. The molecule has 76 valence electrons. The van der Waals surface area contributed by atoms with Crippen LogP contribution in [-0.2, 0) is 9.53 Å². The third-order valence-corrected chi connectivity index (χ3v) is 1.49. The van der Waals surface area contributed by atoms with Crippen molar-refractivity contribution in [2.75, 3.05) is 19.7 Å². The van der Waals surface area contributed by atoms with Crippen LogP contribution in [0.25, 0.3) is 0 Å². The normalized spacial score (nSPS) is 9.31. The van der Waals surface area contributed by atoms with E-state index in [4.69, 9.17) is 10.5 Å². The molecule has 0 aromatic carbocycles. The van der Waals surface area contributed by atoms with Gasteiger partial charge in [-0.3, -0.25) is 4.79 Å². The summed E-state index contributed by atoms with van der Waals surface area (Å²) in [6, 6.07) is 0. The maximum absolute atomic E-state index is 11.0. The van der Waals surface area contributed by atoms with Crippen LogP contribution < -0.4 is 11.1 Å². The average molecular weight is 186 g/mol.